The zero-order chi connectivity index (χ0) is 28.8. The van der Waals surface area contributed by atoms with E-state index in [0.717, 1.165) is 21.8 Å². The third kappa shape index (κ3) is 6.37. The highest BCUT2D eigenvalue weighted by molar-refractivity contribution is 7.14. The van der Waals surface area contributed by atoms with Crippen molar-refractivity contribution in [2.24, 2.45) is 5.92 Å². The van der Waals surface area contributed by atoms with Crippen LogP contribution in [0.25, 0.3) is 0 Å². The molecule has 40 heavy (non-hydrogen) atoms. The van der Waals surface area contributed by atoms with Gasteiger partial charge in [0.1, 0.15) is 30.1 Å². The number of nitrogens with one attached hydrogen (secondary N) is 2. The molecule has 0 aliphatic carbocycles. The number of ether oxygens (including phenoxy) is 2. The topological polar surface area (TPSA) is 127 Å². The molecule has 2 heterocycles. The summed E-state index contributed by atoms with van der Waals surface area (Å²) in [6.45, 7) is 6.15. The summed E-state index contributed by atoms with van der Waals surface area (Å²) in [5.74, 6) is -1.45. The van der Waals surface area contributed by atoms with E-state index in [2.05, 4.69) is 15.6 Å². The average molecular weight is 565 g/mol. The van der Waals surface area contributed by atoms with Crippen LogP contribution >= 0.6 is 11.3 Å². The van der Waals surface area contributed by atoms with Gasteiger partial charge in [-0.3, -0.25) is 14.4 Å². The molecule has 0 bridgehead atoms. The van der Waals surface area contributed by atoms with Crippen molar-refractivity contribution >= 4 is 40.1 Å². The van der Waals surface area contributed by atoms with Crippen LogP contribution in [0.4, 0.5) is 9.93 Å². The molecule has 2 aromatic carbocycles. The summed E-state index contributed by atoms with van der Waals surface area (Å²) >= 11 is 1.11. The smallest absolute Gasteiger partial charge is 0.325 e. The number of nitrogens with zero attached hydrogens (tertiary/aromatic N) is 2. The van der Waals surface area contributed by atoms with Crippen LogP contribution in [-0.2, 0) is 14.3 Å². The Hall–Kier alpha value is -4.09. The molecule has 2 N–H and O–H groups in total. The first kappa shape index (κ1) is 28.9. The zero-order valence-corrected chi connectivity index (χ0v) is 23.6. The largest absolute Gasteiger partial charge is 0.491 e. The lowest BCUT2D eigenvalue weighted by atomic mass is 9.91. The predicted molar refractivity (Wildman–Crippen MR) is 150 cm³/mol. The molecular weight excluding hydrogens is 532 g/mol. The number of thiazole rings is 1. The highest BCUT2D eigenvalue weighted by atomic mass is 32.1. The third-order valence-corrected chi connectivity index (χ3v) is 7.36. The summed E-state index contributed by atoms with van der Waals surface area (Å²) in [4.78, 5) is 58.2. The Bertz CT molecular complexity index is 1360. The Morgan fingerprint density at radius 3 is 2.40 bits per heavy atom. The molecule has 0 spiro atoms. The van der Waals surface area contributed by atoms with Crippen LogP contribution < -0.4 is 15.4 Å². The third-order valence-electron chi connectivity index (χ3n) is 6.60. The molecule has 210 valence electrons. The van der Waals surface area contributed by atoms with Gasteiger partial charge in [-0.25, -0.2) is 14.7 Å². The Labute approximate surface area is 236 Å². The number of anilines is 1. The fourth-order valence-corrected chi connectivity index (χ4v) is 5.11. The Kier molecular flexibility index (Phi) is 9.28. The van der Waals surface area contributed by atoms with Gasteiger partial charge >= 0.3 is 6.03 Å². The zero-order valence-electron chi connectivity index (χ0n) is 22.7. The van der Waals surface area contributed by atoms with E-state index in [1.165, 1.54) is 0 Å². The molecule has 0 radical (unpaired) electrons. The molecule has 1 saturated heterocycles. The molecule has 4 rings (SSSR count). The predicted octanol–water partition coefficient (Wildman–Crippen LogP) is 4.41. The number of carbonyl (C=O) groups excluding carboxylic acids is 4. The Morgan fingerprint density at radius 1 is 1.05 bits per heavy atom. The number of aromatic nitrogens is 1. The van der Waals surface area contributed by atoms with Gasteiger partial charge in [0, 0.05) is 24.3 Å². The van der Waals surface area contributed by atoms with Crippen LogP contribution in [-0.4, -0.2) is 59.9 Å². The lowest BCUT2D eigenvalue weighted by Gasteiger charge is -2.29. The minimum Gasteiger partial charge on any atom is -0.491 e. The van der Waals surface area contributed by atoms with E-state index in [4.69, 9.17) is 9.47 Å². The Balaban J connectivity index is 1.59. The van der Waals surface area contributed by atoms with Crippen LogP contribution in [0.15, 0.2) is 60.0 Å². The standard InChI is InChI=1S/C29H32N4O6S/c1-17(2)25(34)22-16-40-28(30-22)32-26(35)24(18(3)19-8-6-5-7-9-19)33-27(36)23(31-29(33)37)20-10-12-21(13-11-20)39-15-14-38-4/h5-13,16-18,23-24H,14-15H2,1-4H3,(H,31,37)(H,30,32,35)/t18-,23+,24-/m0/s1. The molecule has 1 fully saturated rings. The normalized spacial score (nSPS) is 16.5. The van der Waals surface area contributed by atoms with Crippen molar-refractivity contribution in [3.63, 3.8) is 0 Å². The van der Waals surface area contributed by atoms with E-state index in [1.807, 2.05) is 30.3 Å². The maximum absolute atomic E-state index is 13.7. The molecule has 0 saturated carbocycles. The molecule has 3 aromatic rings. The van der Waals surface area contributed by atoms with Crippen LogP contribution in [0.1, 0.15) is 54.3 Å². The fourth-order valence-electron chi connectivity index (χ4n) is 4.41. The van der Waals surface area contributed by atoms with E-state index in [0.29, 0.717) is 24.5 Å². The number of hydrogen-bond acceptors (Lipinski definition) is 8. The van der Waals surface area contributed by atoms with Gasteiger partial charge in [0.15, 0.2) is 10.9 Å². The second kappa shape index (κ2) is 12.8. The van der Waals surface area contributed by atoms with Crippen LogP contribution in [0.2, 0.25) is 0 Å². The van der Waals surface area contributed by atoms with Gasteiger partial charge < -0.3 is 20.1 Å². The second-order valence-corrected chi connectivity index (χ2v) is 10.5. The summed E-state index contributed by atoms with van der Waals surface area (Å²) in [5, 5.41) is 7.24. The maximum Gasteiger partial charge on any atom is 0.325 e. The highest BCUT2D eigenvalue weighted by Gasteiger charge is 2.47. The van der Waals surface area contributed by atoms with Gasteiger partial charge in [-0.05, 0) is 23.3 Å². The summed E-state index contributed by atoms with van der Waals surface area (Å²) in [6, 6.07) is 13.2. The quantitative estimate of drug-likeness (QED) is 0.190. The number of benzene rings is 2. The first-order chi connectivity index (χ1) is 19.2. The van der Waals surface area contributed by atoms with Crippen molar-refractivity contribution in [2.45, 2.75) is 38.8 Å². The number of hydrogen-bond donors (Lipinski definition) is 2. The minimum absolute atomic E-state index is 0.141. The molecule has 10 nitrogen and oxygen atoms in total. The van der Waals surface area contributed by atoms with Crippen LogP contribution in [0, 0.1) is 5.92 Å². The number of urea groups is 1. The lowest BCUT2D eigenvalue weighted by Crippen LogP contribution is -2.50. The molecule has 3 atom stereocenters. The number of methoxy groups -OCH3 is 1. The van der Waals surface area contributed by atoms with Gasteiger partial charge in [-0.2, -0.15) is 0 Å². The number of carbonyl (C=O) groups is 4. The van der Waals surface area contributed by atoms with Crippen molar-refractivity contribution in [1.29, 1.82) is 0 Å². The monoisotopic (exact) mass is 564 g/mol. The van der Waals surface area contributed by atoms with Crippen molar-refractivity contribution in [1.82, 2.24) is 15.2 Å². The number of amides is 4. The first-order valence-electron chi connectivity index (χ1n) is 12.9. The molecule has 1 aliphatic heterocycles. The van der Waals surface area contributed by atoms with E-state index in [1.54, 1.807) is 57.5 Å². The van der Waals surface area contributed by atoms with E-state index < -0.39 is 35.8 Å². The number of imide groups is 1. The summed E-state index contributed by atoms with van der Waals surface area (Å²) in [5.41, 5.74) is 1.59. The number of ketones is 1. The van der Waals surface area contributed by atoms with Gasteiger partial charge in [-0.1, -0.05) is 63.2 Å². The van der Waals surface area contributed by atoms with Gasteiger partial charge in [-0.15, -0.1) is 11.3 Å². The summed E-state index contributed by atoms with van der Waals surface area (Å²) in [7, 11) is 1.58. The van der Waals surface area contributed by atoms with Crippen molar-refractivity contribution < 1.29 is 28.7 Å². The maximum atomic E-state index is 13.7. The number of rotatable bonds is 12. The Morgan fingerprint density at radius 2 is 1.75 bits per heavy atom. The highest BCUT2D eigenvalue weighted by Crippen LogP contribution is 2.32. The molecular formula is C29H32N4O6S. The average Bonchev–Trinajstić information content (AvgIpc) is 3.53. The first-order valence-corrected chi connectivity index (χ1v) is 13.8. The van der Waals surface area contributed by atoms with Crippen molar-refractivity contribution in [2.75, 3.05) is 25.6 Å². The van der Waals surface area contributed by atoms with Gasteiger partial charge in [0.2, 0.25) is 5.91 Å². The van der Waals surface area contributed by atoms with E-state index in [9.17, 15) is 19.2 Å². The van der Waals surface area contributed by atoms with Crippen LogP contribution in [0.5, 0.6) is 5.75 Å². The van der Waals surface area contributed by atoms with E-state index >= 15 is 0 Å². The fraction of sp³-hybridized carbons (Fsp3) is 0.345. The molecule has 0 unspecified atom stereocenters. The van der Waals surface area contributed by atoms with E-state index in [-0.39, 0.29) is 22.5 Å². The molecule has 4 amide bonds. The van der Waals surface area contributed by atoms with Crippen LogP contribution in [0.3, 0.4) is 0 Å². The lowest BCUT2D eigenvalue weighted by molar-refractivity contribution is -0.134. The summed E-state index contributed by atoms with van der Waals surface area (Å²) < 4.78 is 10.6. The second-order valence-electron chi connectivity index (χ2n) is 9.69. The number of Topliss-reactive ketones (excluding diaryl/α,β-unsaturated/α-hetero) is 1. The molecule has 1 aliphatic rings. The molecule has 1 aromatic heterocycles. The van der Waals surface area contributed by atoms with Gasteiger partial charge in [0.05, 0.1) is 6.61 Å². The summed E-state index contributed by atoms with van der Waals surface area (Å²) in [6.07, 6.45) is 0. The van der Waals surface area contributed by atoms with Gasteiger partial charge in [0.25, 0.3) is 5.91 Å². The van der Waals surface area contributed by atoms with Crippen molar-refractivity contribution in [3.05, 3.63) is 76.8 Å². The SMILES string of the molecule is COCCOc1ccc([C@H]2NC(=O)N([C@H](C(=O)Nc3nc(C(=O)C(C)C)cs3)[C@@H](C)c3ccccc3)C2=O)cc1. The van der Waals surface area contributed by atoms with Crippen molar-refractivity contribution in [3.8, 4) is 5.75 Å². The minimum atomic E-state index is -1.18. The molecule has 11 heteroatoms.